The lowest BCUT2D eigenvalue weighted by Crippen LogP contribution is -2.34. The molecule has 1 aromatic heterocycles. The summed E-state index contributed by atoms with van der Waals surface area (Å²) in [5.74, 6) is 0.617. The highest BCUT2D eigenvalue weighted by atomic mass is 16.1. The smallest absolute Gasteiger partial charge is 0.159 e. The summed E-state index contributed by atoms with van der Waals surface area (Å²) in [5.41, 5.74) is 4.31. The molecule has 0 saturated carbocycles. The van der Waals surface area contributed by atoms with E-state index in [9.17, 15) is 4.79 Å². The second kappa shape index (κ2) is 5.01. The summed E-state index contributed by atoms with van der Waals surface area (Å²) in [7, 11) is 0. The van der Waals surface area contributed by atoms with E-state index in [4.69, 9.17) is 0 Å². The Hall–Kier alpha value is -2.03. The molecule has 3 heteroatoms. The Labute approximate surface area is 131 Å². The molecule has 1 heterocycles. The maximum absolute atomic E-state index is 11.6. The van der Waals surface area contributed by atoms with Crippen molar-refractivity contribution in [3.05, 3.63) is 47.3 Å². The van der Waals surface area contributed by atoms with E-state index in [1.165, 1.54) is 11.1 Å². The Morgan fingerprint density at radius 3 is 2.05 bits per heavy atom. The van der Waals surface area contributed by atoms with Gasteiger partial charge in [0.1, 0.15) is 0 Å². The fourth-order valence-corrected chi connectivity index (χ4v) is 3.36. The van der Waals surface area contributed by atoms with Gasteiger partial charge < -0.3 is 0 Å². The minimum absolute atomic E-state index is 0.0959. The SMILES string of the molecule is CC1(C)CCC(C)(C)c2cc(-c3ncccn3)c(C=O)cc21. The molecule has 0 radical (unpaired) electrons. The number of hydrogen-bond acceptors (Lipinski definition) is 3. The number of aromatic nitrogens is 2. The molecule has 0 amide bonds. The molecule has 0 spiro atoms. The van der Waals surface area contributed by atoms with E-state index >= 15 is 0 Å². The quantitative estimate of drug-likeness (QED) is 0.775. The van der Waals surface area contributed by atoms with E-state index in [-0.39, 0.29) is 10.8 Å². The Morgan fingerprint density at radius 2 is 1.50 bits per heavy atom. The van der Waals surface area contributed by atoms with Crippen molar-refractivity contribution in [2.24, 2.45) is 0 Å². The first-order valence-electron chi connectivity index (χ1n) is 7.77. The van der Waals surface area contributed by atoms with Crippen LogP contribution in [0.15, 0.2) is 30.6 Å². The molecule has 2 aromatic rings. The number of aldehydes is 1. The molecule has 1 aliphatic carbocycles. The molecule has 0 fully saturated rings. The highest BCUT2D eigenvalue weighted by Gasteiger charge is 2.37. The van der Waals surface area contributed by atoms with Gasteiger partial charge in [-0.3, -0.25) is 4.79 Å². The van der Waals surface area contributed by atoms with Crippen LogP contribution < -0.4 is 0 Å². The van der Waals surface area contributed by atoms with Crippen LogP contribution >= 0.6 is 0 Å². The average Bonchev–Trinajstić information content (AvgIpc) is 2.52. The summed E-state index contributed by atoms with van der Waals surface area (Å²) >= 11 is 0. The lowest BCUT2D eigenvalue weighted by atomic mass is 9.62. The van der Waals surface area contributed by atoms with Crippen molar-refractivity contribution in [2.75, 3.05) is 0 Å². The first-order valence-corrected chi connectivity index (χ1v) is 7.77. The Morgan fingerprint density at radius 1 is 0.955 bits per heavy atom. The molecule has 1 aliphatic rings. The summed E-state index contributed by atoms with van der Waals surface area (Å²) in [6.45, 7) is 9.07. The standard InChI is InChI=1S/C19H22N2O/c1-18(2)6-7-19(3,4)16-11-14(13(12-22)10-15(16)18)17-20-8-5-9-21-17/h5,8-12H,6-7H2,1-4H3. The van der Waals surface area contributed by atoms with Gasteiger partial charge in [-0.15, -0.1) is 0 Å². The first kappa shape index (κ1) is 14.9. The van der Waals surface area contributed by atoms with E-state index < -0.39 is 0 Å². The lowest BCUT2D eigenvalue weighted by molar-refractivity contribution is 0.112. The van der Waals surface area contributed by atoms with Crippen molar-refractivity contribution in [1.82, 2.24) is 9.97 Å². The maximum atomic E-state index is 11.6. The second-order valence-corrected chi connectivity index (χ2v) is 7.44. The highest BCUT2D eigenvalue weighted by molar-refractivity contribution is 5.87. The largest absolute Gasteiger partial charge is 0.298 e. The number of rotatable bonds is 2. The molecule has 0 aliphatic heterocycles. The van der Waals surface area contributed by atoms with Crippen molar-refractivity contribution in [1.29, 1.82) is 0 Å². The van der Waals surface area contributed by atoms with Crippen LogP contribution in [0, 0.1) is 0 Å². The van der Waals surface area contributed by atoms with E-state index in [1.54, 1.807) is 18.5 Å². The van der Waals surface area contributed by atoms with Crippen LogP contribution in [0.25, 0.3) is 11.4 Å². The number of carbonyl (C=O) groups excluding carboxylic acids is 1. The third kappa shape index (κ3) is 2.35. The van der Waals surface area contributed by atoms with Gasteiger partial charge in [-0.05, 0) is 53.0 Å². The summed E-state index contributed by atoms with van der Waals surface area (Å²) in [5, 5.41) is 0. The van der Waals surface area contributed by atoms with Gasteiger partial charge in [-0.2, -0.15) is 0 Å². The predicted octanol–water partition coefficient (Wildman–Crippen LogP) is 4.31. The Balaban J connectivity index is 2.29. The normalized spacial score (nSPS) is 18.5. The van der Waals surface area contributed by atoms with E-state index in [1.807, 2.05) is 0 Å². The third-order valence-corrected chi connectivity index (χ3v) is 4.96. The first-order chi connectivity index (χ1) is 10.3. The Kier molecular flexibility index (Phi) is 3.39. The van der Waals surface area contributed by atoms with Gasteiger partial charge >= 0.3 is 0 Å². The molecule has 0 saturated heterocycles. The van der Waals surface area contributed by atoms with E-state index in [0.717, 1.165) is 24.7 Å². The fraction of sp³-hybridized carbons (Fsp3) is 0.421. The van der Waals surface area contributed by atoms with Gasteiger partial charge in [0.2, 0.25) is 0 Å². The van der Waals surface area contributed by atoms with Crippen molar-refractivity contribution in [2.45, 2.75) is 51.4 Å². The van der Waals surface area contributed by atoms with Crippen LogP contribution in [-0.4, -0.2) is 16.3 Å². The van der Waals surface area contributed by atoms with Crippen molar-refractivity contribution >= 4 is 6.29 Å². The van der Waals surface area contributed by atoms with E-state index in [0.29, 0.717) is 11.4 Å². The molecule has 0 N–H and O–H groups in total. The summed E-state index contributed by atoms with van der Waals surface area (Å²) in [6, 6.07) is 5.97. The molecule has 1 aromatic carbocycles. The van der Waals surface area contributed by atoms with Crippen LogP contribution in [-0.2, 0) is 10.8 Å². The number of nitrogens with zero attached hydrogens (tertiary/aromatic N) is 2. The molecule has 3 nitrogen and oxygen atoms in total. The summed E-state index contributed by atoms with van der Waals surface area (Å²) in [4.78, 5) is 20.2. The third-order valence-electron chi connectivity index (χ3n) is 4.96. The van der Waals surface area contributed by atoms with Gasteiger partial charge in [0, 0.05) is 23.5 Å². The maximum Gasteiger partial charge on any atom is 0.159 e. The van der Waals surface area contributed by atoms with Gasteiger partial charge in [0.15, 0.2) is 12.1 Å². The van der Waals surface area contributed by atoms with Gasteiger partial charge in [-0.1, -0.05) is 27.7 Å². The van der Waals surface area contributed by atoms with Crippen LogP contribution in [0.5, 0.6) is 0 Å². The zero-order chi connectivity index (χ0) is 16.0. The predicted molar refractivity (Wildman–Crippen MR) is 88.1 cm³/mol. The number of fused-ring (bicyclic) bond motifs is 1. The minimum Gasteiger partial charge on any atom is -0.298 e. The van der Waals surface area contributed by atoms with Crippen LogP contribution in [0.2, 0.25) is 0 Å². The van der Waals surface area contributed by atoms with Crippen molar-refractivity contribution in [3.63, 3.8) is 0 Å². The molecule has 0 atom stereocenters. The van der Waals surface area contributed by atoms with Gasteiger partial charge in [0.05, 0.1) is 0 Å². The van der Waals surface area contributed by atoms with Crippen molar-refractivity contribution < 1.29 is 4.79 Å². The fourth-order valence-electron chi connectivity index (χ4n) is 3.36. The van der Waals surface area contributed by atoms with Crippen LogP contribution in [0.4, 0.5) is 0 Å². The van der Waals surface area contributed by atoms with E-state index in [2.05, 4.69) is 49.8 Å². The topological polar surface area (TPSA) is 42.9 Å². The molecule has 22 heavy (non-hydrogen) atoms. The molecule has 0 bridgehead atoms. The zero-order valence-corrected chi connectivity index (χ0v) is 13.7. The molecule has 114 valence electrons. The highest BCUT2D eigenvalue weighted by Crippen LogP contribution is 2.47. The average molecular weight is 294 g/mol. The second-order valence-electron chi connectivity index (χ2n) is 7.44. The minimum atomic E-state index is 0.0959. The molecule has 3 rings (SSSR count). The number of benzene rings is 1. The zero-order valence-electron chi connectivity index (χ0n) is 13.7. The number of carbonyl (C=O) groups is 1. The molecular weight excluding hydrogens is 272 g/mol. The van der Waals surface area contributed by atoms with Crippen molar-refractivity contribution in [3.8, 4) is 11.4 Å². The van der Waals surface area contributed by atoms with Gasteiger partial charge in [0.25, 0.3) is 0 Å². The summed E-state index contributed by atoms with van der Waals surface area (Å²) < 4.78 is 0. The molecule has 0 unspecified atom stereocenters. The van der Waals surface area contributed by atoms with Crippen LogP contribution in [0.1, 0.15) is 62.0 Å². The van der Waals surface area contributed by atoms with Crippen LogP contribution in [0.3, 0.4) is 0 Å². The van der Waals surface area contributed by atoms with Gasteiger partial charge in [-0.25, -0.2) is 9.97 Å². The summed E-state index contributed by atoms with van der Waals surface area (Å²) in [6.07, 6.45) is 6.62. The lowest BCUT2D eigenvalue weighted by Gasteiger charge is -2.42. The Bertz CT molecular complexity index is 718. The monoisotopic (exact) mass is 294 g/mol. The molecular formula is C19H22N2O. The number of hydrogen-bond donors (Lipinski definition) is 0.